The number of hydrogen-bond donors (Lipinski definition) is 2. The molecule has 0 amide bonds. The van der Waals surface area contributed by atoms with Gasteiger partial charge in [-0.2, -0.15) is 0 Å². The number of ether oxygens (including phenoxy) is 1. The maximum atomic E-state index is 8.90. The van der Waals surface area contributed by atoms with Gasteiger partial charge in [0.05, 0.1) is 0 Å². The van der Waals surface area contributed by atoms with E-state index in [1.54, 1.807) is 6.08 Å². The van der Waals surface area contributed by atoms with Crippen molar-refractivity contribution in [3.63, 3.8) is 0 Å². The summed E-state index contributed by atoms with van der Waals surface area (Å²) in [5.74, 6) is 0.721. The van der Waals surface area contributed by atoms with Gasteiger partial charge in [0.25, 0.3) is 0 Å². The highest BCUT2D eigenvalue weighted by Crippen LogP contribution is 2.29. The molecule has 0 aromatic heterocycles. The minimum atomic E-state index is -0.842. The highest BCUT2D eigenvalue weighted by molar-refractivity contribution is 5.50. The van der Waals surface area contributed by atoms with Gasteiger partial charge < -0.3 is 14.9 Å². The van der Waals surface area contributed by atoms with Crippen molar-refractivity contribution in [3.8, 4) is 0 Å². The van der Waals surface area contributed by atoms with Crippen molar-refractivity contribution in [2.24, 2.45) is 0 Å². The quantitative estimate of drug-likeness (QED) is 0.515. The Morgan fingerprint density at radius 3 is 2.90 bits per heavy atom. The van der Waals surface area contributed by atoms with Gasteiger partial charge in [-0.3, -0.25) is 0 Å². The third-order valence-electron chi connectivity index (χ3n) is 1.44. The minimum Gasteiger partial charge on any atom is -0.508 e. The Hall–Kier alpha value is -1.22. The summed E-state index contributed by atoms with van der Waals surface area (Å²) in [5.41, 5.74) is 0.755. The largest absolute Gasteiger partial charge is 0.508 e. The molecule has 2 rings (SSSR count). The van der Waals surface area contributed by atoms with Crippen molar-refractivity contribution >= 4 is 0 Å². The molecule has 10 heavy (non-hydrogen) atoms. The lowest BCUT2D eigenvalue weighted by atomic mass is 10.3. The zero-order valence-corrected chi connectivity index (χ0v) is 5.11. The van der Waals surface area contributed by atoms with Gasteiger partial charge in [0, 0.05) is 11.6 Å². The lowest BCUT2D eigenvalue weighted by Crippen LogP contribution is -1.99. The van der Waals surface area contributed by atoms with Crippen molar-refractivity contribution in [2.75, 3.05) is 0 Å². The SMILES string of the molecule is OC1=CC2=CC(O)OC2=C1. The molecular formula is C7H6O3. The van der Waals surface area contributed by atoms with Gasteiger partial charge in [0.2, 0.25) is 6.29 Å². The van der Waals surface area contributed by atoms with Gasteiger partial charge in [-0.15, -0.1) is 0 Å². The first kappa shape index (κ1) is 5.56. The van der Waals surface area contributed by atoms with Crippen LogP contribution in [0.15, 0.2) is 35.3 Å². The Bertz CT molecular complexity index is 260. The molecule has 1 unspecified atom stereocenters. The van der Waals surface area contributed by atoms with Crippen LogP contribution in [-0.4, -0.2) is 16.5 Å². The van der Waals surface area contributed by atoms with E-state index in [1.165, 1.54) is 12.2 Å². The monoisotopic (exact) mass is 138 g/mol. The van der Waals surface area contributed by atoms with Crippen LogP contribution in [0, 0.1) is 0 Å². The van der Waals surface area contributed by atoms with Crippen LogP contribution in [0.1, 0.15) is 0 Å². The zero-order valence-electron chi connectivity index (χ0n) is 5.11. The fourth-order valence-corrected chi connectivity index (χ4v) is 1.04. The Kier molecular flexibility index (Phi) is 0.910. The molecule has 3 nitrogen and oxygen atoms in total. The molecule has 2 N–H and O–H groups in total. The molecular weight excluding hydrogens is 132 g/mol. The molecule has 0 bridgehead atoms. The maximum Gasteiger partial charge on any atom is 0.218 e. The van der Waals surface area contributed by atoms with E-state index in [9.17, 15) is 0 Å². The highest BCUT2D eigenvalue weighted by atomic mass is 16.6. The predicted molar refractivity (Wildman–Crippen MR) is 34.0 cm³/mol. The van der Waals surface area contributed by atoms with E-state index in [0.717, 1.165) is 5.57 Å². The van der Waals surface area contributed by atoms with Gasteiger partial charge in [0.1, 0.15) is 11.5 Å². The van der Waals surface area contributed by atoms with Crippen molar-refractivity contribution in [1.29, 1.82) is 0 Å². The van der Waals surface area contributed by atoms with Crippen LogP contribution >= 0.6 is 0 Å². The first-order valence-electron chi connectivity index (χ1n) is 2.95. The highest BCUT2D eigenvalue weighted by Gasteiger charge is 2.22. The van der Waals surface area contributed by atoms with Crippen LogP contribution in [0.5, 0.6) is 0 Å². The molecule has 1 atom stereocenters. The van der Waals surface area contributed by atoms with Crippen LogP contribution in [0.25, 0.3) is 0 Å². The van der Waals surface area contributed by atoms with Crippen molar-refractivity contribution in [2.45, 2.75) is 6.29 Å². The van der Waals surface area contributed by atoms with E-state index in [1.807, 2.05) is 0 Å². The van der Waals surface area contributed by atoms with Crippen LogP contribution < -0.4 is 0 Å². The van der Waals surface area contributed by atoms with Gasteiger partial charge >= 0.3 is 0 Å². The minimum absolute atomic E-state index is 0.174. The molecule has 0 radical (unpaired) electrons. The van der Waals surface area contributed by atoms with Crippen molar-refractivity contribution in [1.82, 2.24) is 0 Å². The van der Waals surface area contributed by atoms with Crippen LogP contribution in [0.3, 0.4) is 0 Å². The maximum absolute atomic E-state index is 8.90. The van der Waals surface area contributed by atoms with E-state index in [4.69, 9.17) is 14.9 Å². The predicted octanol–water partition coefficient (Wildman–Crippen LogP) is 0.601. The molecule has 52 valence electrons. The molecule has 1 aliphatic carbocycles. The zero-order chi connectivity index (χ0) is 7.14. The Morgan fingerprint density at radius 1 is 1.40 bits per heavy atom. The number of aliphatic hydroxyl groups excluding tert-OH is 2. The molecule has 0 aromatic rings. The number of rotatable bonds is 0. The van der Waals surface area contributed by atoms with Crippen LogP contribution in [0.4, 0.5) is 0 Å². The van der Waals surface area contributed by atoms with Gasteiger partial charge in [-0.1, -0.05) is 0 Å². The first-order valence-corrected chi connectivity index (χ1v) is 2.95. The second-order valence-electron chi connectivity index (χ2n) is 2.21. The first-order chi connectivity index (χ1) is 4.75. The van der Waals surface area contributed by atoms with Gasteiger partial charge in [-0.25, -0.2) is 0 Å². The Labute approximate surface area is 57.6 Å². The smallest absolute Gasteiger partial charge is 0.218 e. The van der Waals surface area contributed by atoms with Crippen LogP contribution in [-0.2, 0) is 4.74 Å². The topological polar surface area (TPSA) is 49.7 Å². The molecule has 0 saturated heterocycles. The summed E-state index contributed by atoms with van der Waals surface area (Å²) >= 11 is 0. The normalized spacial score (nSPS) is 28.5. The summed E-state index contributed by atoms with van der Waals surface area (Å²) in [4.78, 5) is 0. The fourth-order valence-electron chi connectivity index (χ4n) is 1.04. The molecule has 0 spiro atoms. The van der Waals surface area contributed by atoms with E-state index >= 15 is 0 Å². The second kappa shape index (κ2) is 1.64. The van der Waals surface area contributed by atoms with E-state index in [0.29, 0.717) is 5.76 Å². The second-order valence-corrected chi connectivity index (χ2v) is 2.21. The molecule has 0 aromatic carbocycles. The Morgan fingerprint density at radius 2 is 2.20 bits per heavy atom. The molecule has 0 saturated carbocycles. The standard InChI is InChI=1S/C7H6O3/c8-5-1-4-2-7(9)10-6(4)3-5/h1-3,7-9H. The summed E-state index contributed by atoms with van der Waals surface area (Å²) in [5, 5.41) is 17.8. The van der Waals surface area contributed by atoms with Gasteiger partial charge in [0.15, 0.2) is 0 Å². The lowest BCUT2D eigenvalue weighted by Gasteiger charge is -2.00. The number of fused-ring (bicyclic) bond motifs is 1. The van der Waals surface area contributed by atoms with Crippen LogP contribution in [0.2, 0.25) is 0 Å². The van der Waals surface area contributed by atoms with Crippen molar-refractivity contribution in [3.05, 3.63) is 35.3 Å². The molecule has 2 aliphatic rings. The van der Waals surface area contributed by atoms with E-state index in [-0.39, 0.29) is 5.76 Å². The molecule has 1 heterocycles. The summed E-state index contributed by atoms with van der Waals surface area (Å²) in [6, 6.07) is 0. The number of allylic oxidation sites excluding steroid dienone is 2. The Balaban J connectivity index is 2.39. The number of hydrogen-bond acceptors (Lipinski definition) is 3. The summed E-state index contributed by atoms with van der Waals surface area (Å²) in [6.45, 7) is 0. The molecule has 0 fully saturated rings. The van der Waals surface area contributed by atoms with Gasteiger partial charge in [-0.05, 0) is 12.2 Å². The average Bonchev–Trinajstić information content (AvgIpc) is 2.21. The third kappa shape index (κ3) is 0.642. The summed E-state index contributed by atoms with van der Waals surface area (Å²) in [6.07, 6.45) is 3.72. The molecule has 3 heteroatoms. The molecule has 1 aliphatic heterocycles. The lowest BCUT2D eigenvalue weighted by molar-refractivity contribution is -0.0104. The fraction of sp³-hybridized carbons (Fsp3) is 0.143. The third-order valence-corrected chi connectivity index (χ3v) is 1.44. The summed E-state index contributed by atoms with van der Waals surface area (Å²) < 4.78 is 4.87. The van der Waals surface area contributed by atoms with Crippen molar-refractivity contribution < 1.29 is 14.9 Å². The summed E-state index contributed by atoms with van der Waals surface area (Å²) in [7, 11) is 0. The average molecular weight is 138 g/mol. The van der Waals surface area contributed by atoms with E-state index < -0.39 is 6.29 Å². The van der Waals surface area contributed by atoms with E-state index in [2.05, 4.69) is 0 Å². The number of aliphatic hydroxyl groups is 2.